The van der Waals surface area contributed by atoms with Crippen LogP contribution in [0.3, 0.4) is 0 Å². The number of pyridine rings is 1. The molecular formula is C12H9FN2O3. The summed E-state index contributed by atoms with van der Waals surface area (Å²) in [6.07, 6.45) is 1.26. The standard InChI is InChI=1S/C12H9FN2O3/c13-9-5-8(2-3-10(9)16)15-12(18)7-1-4-11(17)14-6-7/h1-6,16H,(H,14,17)(H,15,18). The van der Waals surface area contributed by atoms with Crippen molar-refractivity contribution in [3.63, 3.8) is 0 Å². The maximum atomic E-state index is 13.0. The van der Waals surface area contributed by atoms with E-state index in [4.69, 9.17) is 5.11 Å². The van der Waals surface area contributed by atoms with E-state index in [1.807, 2.05) is 0 Å². The van der Waals surface area contributed by atoms with Crippen LogP contribution >= 0.6 is 0 Å². The number of hydrogen-bond acceptors (Lipinski definition) is 3. The van der Waals surface area contributed by atoms with Crippen molar-refractivity contribution in [2.24, 2.45) is 0 Å². The van der Waals surface area contributed by atoms with Crippen LogP contribution in [0, 0.1) is 5.82 Å². The third-order valence-corrected chi connectivity index (χ3v) is 2.25. The molecule has 2 rings (SSSR count). The summed E-state index contributed by atoms with van der Waals surface area (Å²) in [5.74, 6) is -1.80. The Hall–Kier alpha value is -2.63. The topological polar surface area (TPSA) is 82.2 Å². The van der Waals surface area contributed by atoms with E-state index in [0.717, 1.165) is 12.1 Å². The molecule has 1 aromatic heterocycles. The van der Waals surface area contributed by atoms with Gasteiger partial charge in [0.2, 0.25) is 5.56 Å². The maximum Gasteiger partial charge on any atom is 0.257 e. The van der Waals surface area contributed by atoms with E-state index in [1.165, 1.54) is 24.4 Å². The number of rotatable bonds is 2. The predicted molar refractivity (Wildman–Crippen MR) is 63.1 cm³/mol. The number of aromatic nitrogens is 1. The van der Waals surface area contributed by atoms with Gasteiger partial charge in [-0.3, -0.25) is 9.59 Å². The van der Waals surface area contributed by atoms with Crippen LogP contribution in [0.5, 0.6) is 5.75 Å². The van der Waals surface area contributed by atoms with Crippen molar-refractivity contribution in [1.29, 1.82) is 0 Å². The summed E-state index contributed by atoms with van der Waals surface area (Å²) in [7, 11) is 0. The van der Waals surface area contributed by atoms with Crippen molar-refractivity contribution in [2.45, 2.75) is 0 Å². The van der Waals surface area contributed by atoms with Crippen LogP contribution in [0.15, 0.2) is 41.3 Å². The second-order valence-electron chi connectivity index (χ2n) is 3.56. The molecule has 0 atom stereocenters. The molecule has 0 fully saturated rings. The van der Waals surface area contributed by atoms with Crippen LogP contribution in [-0.4, -0.2) is 16.0 Å². The zero-order valence-electron chi connectivity index (χ0n) is 9.11. The van der Waals surface area contributed by atoms with Gasteiger partial charge in [0, 0.05) is 24.0 Å². The normalized spacial score (nSPS) is 10.1. The number of aromatic hydroxyl groups is 1. The lowest BCUT2D eigenvalue weighted by Gasteiger charge is -2.05. The Morgan fingerprint density at radius 3 is 2.67 bits per heavy atom. The summed E-state index contributed by atoms with van der Waals surface area (Å²) >= 11 is 0. The zero-order valence-corrected chi connectivity index (χ0v) is 9.11. The molecule has 0 aliphatic rings. The second-order valence-corrected chi connectivity index (χ2v) is 3.56. The number of phenolic OH excluding ortho intramolecular Hbond substituents is 1. The minimum Gasteiger partial charge on any atom is -0.505 e. The number of halogens is 1. The van der Waals surface area contributed by atoms with Gasteiger partial charge in [-0.25, -0.2) is 4.39 Å². The average Bonchev–Trinajstić information content (AvgIpc) is 2.34. The van der Waals surface area contributed by atoms with Crippen LogP contribution in [0.25, 0.3) is 0 Å². The summed E-state index contributed by atoms with van der Waals surface area (Å²) in [4.78, 5) is 24.9. The van der Waals surface area contributed by atoms with E-state index in [9.17, 15) is 14.0 Å². The van der Waals surface area contributed by atoms with Crippen molar-refractivity contribution >= 4 is 11.6 Å². The molecule has 3 N–H and O–H groups in total. The number of hydrogen-bond donors (Lipinski definition) is 3. The summed E-state index contributed by atoms with van der Waals surface area (Å²) in [5.41, 5.74) is 0.131. The summed E-state index contributed by atoms with van der Waals surface area (Å²) in [5, 5.41) is 11.4. The van der Waals surface area contributed by atoms with Crippen LogP contribution < -0.4 is 10.9 Å². The first-order valence-electron chi connectivity index (χ1n) is 5.05. The lowest BCUT2D eigenvalue weighted by atomic mass is 10.2. The van der Waals surface area contributed by atoms with Crippen molar-refractivity contribution in [3.05, 3.63) is 58.3 Å². The van der Waals surface area contributed by atoms with Gasteiger partial charge in [-0.15, -0.1) is 0 Å². The van der Waals surface area contributed by atoms with Crippen LogP contribution in [0.1, 0.15) is 10.4 Å². The van der Waals surface area contributed by atoms with Gasteiger partial charge in [0.15, 0.2) is 11.6 Å². The number of aromatic amines is 1. The molecule has 1 aromatic carbocycles. The third kappa shape index (κ3) is 2.54. The third-order valence-electron chi connectivity index (χ3n) is 2.25. The molecule has 0 unspecified atom stereocenters. The minimum atomic E-state index is -0.825. The highest BCUT2D eigenvalue weighted by molar-refractivity contribution is 6.04. The van der Waals surface area contributed by atoms with E-state index in [1.54, 1.807) is 0 Å². The highest BCUT2D eigenvalue weighted by Crippen LogP contribution is 2.19. The smallest absolute Gasteiger partial charge is 0.257 e. The van der Waals surface area contributed by atoms with Crippen molar-refractivity contribution < 1.29 is 14.3 Å². The number of phenols is 1. The van der Waals surface area contributed by atoms with Crippen molar-refractivity contribution in [1.82, 2.24) is 4.98 Å². The van der Waals surface area contributed by atoms with Crippen LogP contribution in [-0.2, 0) is 0 Å². The number of H-pyrrole nitrogens is 1. The molecule has 1 heterocycles. The van der Waals surface area contributed by atoms with E-state index < -0.39 is 17.5 Å². The Labute approximate surface area is 101 Å². The largest absolute Gasteiger partial charge is 0.505 e. The molecule has 0 bridgehead atoms. The van der Waals surface area contributed by atoms with E-state index >= 15 is 0 Å². The first kappa shape index (κ1) is 11.8. The summed E-state index contributed by atoms with van der Waals surface area (Å²) in [6, 6.07) is 6.07. The van der Waals surface area contributed by atoms with Gasteiger partial charge < -0.3 is 15.4 Å². The molecule has 0 aliphatic carbocycles. The Morgan fingerprint density at radius 2 is 2.06 bits per heavy atom. The lowest BCUT2D eigenvalue weighted by Crippen LogP contribution is -2.14. The highest BCUT2D eigenvalue weighted by Gasteiger charge is 2.07. The summed E-state index contributed by atoms with van der Waals surface area (Å²) in [6.45, 7) is 0. The molecular weight excluding hydrogens is 239 g/mol. The zero-order chi connectivity index (χ0) is 13.1. The molecule has 18 heavy (non-hydrogen) atoms. The lowest BCUT2D eigenvalue weighted by molar-refractivity contribution is 0.102. The Balaban J connectivity index is 2.18. The van der Waals surface area contributed by atoms with Crippen molar-refractivity contribution in [2.75, 3.05) is 5.32 Å². The van der Waals surface area contributed by atoms with E-state index in [-0.39, 0.29) is 16.8 Å². The fourth-order valence-electron chi connectivity index (χ4n) is 1.34. The van der Waals surface area contributed by atoms with Gasteiger partial charge in [0.25, 0.3) is 5.91 Å². The molecule has 0 saturated carbocycles. The van der Waals surface area contributed by atoms with Crippen molar-refractivity contribution in [3.8, 4) is 5.75 Å². The van der Waals surface area contributed by atoms with Gasteiger partial charge in [-0.2, -0.15) is 0 Å². The van der Waals surface area contributed by atoms with Gasteiger partial charge in [-0.1, -0.05) is 0 Å². The minimum absolute atomic E-state index is 0.210. The number of carbonyl (C=O) groups is 1. The number of anilines is 1. The maximum absolute atomic E-state index is 13.0. The fraction of sp³-hybridized carbons (Fsp3) is 0. The molecule has 0 radical (unpaired) electrons. The van der Waals surface area contributed by atoms with Gasteiger partial charge in [-0.05, 0) is 18.2 Å². The SMILES string of the molecule is O=C(Nc1ccc(O)c(F)c1)c1ccc(=O)[nH]c1. The van der Waals surface area contributed by atoms with Gasteiger partial charge in [0.05, 0.1) is 5.56 Å². The number of benzene rings is 1. The monoisotopic (exact) mass is 248 g/mol. The number of nitrogens with one attached hydrogen (secondary N) is 2. The van der Waals surface area contributed by atoms with Crippen LogP contribution in [0.4, 0.5) is 10.1 Å². The summed E-state index contributed by atoms with van der Waals surface area (Å²) < 4.78 is 13.0. The molecule has 2 aromatic rings. The highest BCUT2D eigenvalue weighted by atomic mass is 19.1. The predicted octanol–water partition coefficient (Wildman–Crippen LogP) is 1.47. The Morgan fingerprint density at radius 1 is 1.28 bits per heavy atom. The molecule has 0 saturated heterocycles. The molecule has 1 amide bonds. The second kappa shape index (κ2) is 4.70. The number of carbonyl (C=O) groups excluding carboxylic acids is 1. The molecule has 5 nitrogen and oxygen atoms in total. The van der Waals surface area contributed by atoms with Crippen LogP contribution in [0.2, 0.25) is 0 Å². The first-order valence-corrected chi connectivity index (χ1v) is 5.05. The molecule has 0 aliphatic heterocycles. The molecule has 92 valence electrons. The average molecular weight is 248 g/mol. The quantitative estimate of drug-likeness (QED) is 0.704. The van der Waals surface area contributed by atoms with E-state index in [0.29, 0.717) is 0 Å². The number of amides is 1. The Bertz CT molecular complexity index is 632. The Kier molecular flexibility index (Phi) is 3.09. The molecule has 6 heteroatoms. The van der Waals surface area contributed by atoms with Gasteiger partial charge >= 0.3 is 0 Å². The fourth-order valence-corrected chi connectivity index (χ4v) is 1.34. The van der Waals surface area contributed by atoms with Gasteiger partial charge in [0.1, 0.15) is 0 Å². The molecule has 0 spiro atoms. The van der Waals surface area contributed by atoms with E-state index in [2.05, 4.69) is 10.3 Å². The first-order chi connectivity index (χ1) is 8.56.